The molecular weight excluding hydrogens is 192 g/mol. The fraction of sp³-hybridized carbons (Fsp3) is 0.875. The normalized spacial score (nSPS) is 13.6. The fourth-order valence-electron chi connectivity index (χ4n) is 1.24. The van der Waals surface area contributed by atoms with E-state index in [-0.39, 0.29) is 31.4 Å². The number of alkyl halides is 2. The SMILES string of the molecule is CC(CC(=N)N)N(CCO)CC(F)F. The highest BCUT2D eigenvalue weighted by molar-refractivity contribution is 5.77. The van der Waals surface area contributed by atoms with Gasteiger partial charge >= 0.3 is 0 Å². The Morgan fingerprint density at radius 3 is 2.50 bits per heavy atom. The van der Waals surface area contributed by atoms with Crippen molar-refractivity contribution in [1.29, 1.82) is 5.41 Å². The molecule has 0 radical (unpaired) electrons. The minimum Gasteiger partial charge on any atom is -0.395 e. The van der Waals surface area contributed by atoms with Crippen LogP contribution in [-0.2, 0) is 0 Å². The van der Waals surface area contributed by atoms with Crippen molar-refractivity contribution in [2.75, 3.05) is 19.7 Å². The number of aliphatic hydroxyl groups excluding tert-OH is 1. The van der Waals surface area contributed by atoms with Gasteiger partial charge in [0.1, 0.15) is 0 Å². The molecule has 0 aromatic carbocycles. The predicted molar refractivity (Wildman–Crippen MR) is 50.7 cm³/mol. The maximum absolute atomic E-state index is 12.1. The number of hydrogen-bond donors (Lipinski definition) is 3. The second-order valence-corrected chi connectivity index (χ2v) is 3.19. The molecule has 0 aromatic heterocycles. The molecule has 4 nitrogen and oxygen atoms in total. The number of rotatable bonds is 7. The first-order chi connectivity index (χ1) is 6.47. The topological polar surface area (TPSA) is 73.3 Å². The van der Waals surface area contributed by atoms with Crippen molar-refractivity contribution in [2.24, 2.45) is 5.73 Å². The van der Waals surface area contributed by atoms with Gasteiger partial charge in [-0.3, -0.25) is 10.3 Å². The summed E-state index contributed by atoms with van der Waals surface area (Å²) in [5, 5.41) is 15.7. The molecule has 84 valence electrons. The Kier molecular flexibility index (Phi) is 6.31. The van der Waals surface area contributed by atoms with E-state index in [0.29, 0.717) is 0 Å². The van der Waals surface area contributed by atoms with E-state index in [1.165, 1.54) is 4.90 Å². The third kappa shape index (κ3) is 5.82. The summed E-state index contributed by atoms with van der Waals surface area (Å²) in [6.45, 7) is 1.32. The van der Waals surface area contributed by atoms with E-state index in [9.17, 15) is 8.78 Å². The number of halogens is 2. The lowest BCUT2D eigenvalue weighted by Gasteiger charge is -2.27. The molecule has 1 atom stereocenters. The van der Waals surface area contributed by atoms with Crippen molar-refractivity contribution in [3.63, 3.8) is 0 Å². The van der Waals surface area contributed by atoms with Gasteiger partial charge in [-0.05, 0) is 6.92 Å². The monoisotopic (exact) mass is 209 g/mol. The smallest absolute Gasteiger partial charge is 0.251 e. The van der Waals surface area contributed by atoms with E-state index in [1.54, 1.807) is 6.92 Å². The highest BCUT2D eigenvalue weighted by Crippen LogP contribution is 2.06. The molecule has 0 heterocycles. The Bertz CT molecular complexity index is 178. The van der Waals surface area contributed by atoms with E-state index in [0.717, 1.165) is 0 Å². The fourth-order valence-corrected chi connectivity index (χ4v) is 1.24. The summed E-state index contributed by atoms with van der Waals surface area (Å²) in [5.74, 6) is -0.0327. The molecule has 1 unspecified atom stereocenters. The van der Waals surface area contributed by atoms with Gasteiger partial charge in [-0.1, -0.05) is 0 Å². The molecule has 0 saturated heterocycles. The van der Waals surface area contributed by atoms with Gasteiger partial charge < -0.3 is 10.8 Å². The first-order valence-corrected chi connectivity index (χ1v) is 4.43. The van der Waals surface area contributed by atoms with Crippen molar-refractivity contribution in [1.82, 2.24) is 4.90 Å². The lowest BCUT2D eigenvalue weighted by molar-refractivity contribution is 0.0602. The van der Waals surface area contributed by atoms with Crippen LogP contribution in [-0.4, -0.2) is 48.0 Å². The number of nitrogens with one attached hydrogen (secondary N) is 1. The number of aliphatic hydroxyl groups is 1. The highest BCUT2D eigenvalue weighted by Gasteiger charge is 2.18. The molecule has 0 spiro atoms. The highest BCUT2D eigenvalue weighted by atomic mass is 19.3. The molecule has 0 aromatic rings. The maximum atomic E-state index is 12.1. The van der Waals surface area contributed by atoms with E-state index >= 15 is 0 Å². The van der Waals surface area contributed by atoms with Crippen molar-refractivity contribution in [3.05, 3.63) is 0 Å². The van der Waals surface area contributed by atoms with Crippen molar-refractivity contribution in [3.8, 4) is 0 Å². The molecule has 0 bridgehead atoms. The second-order valence-electron chi connectivity index (χ2n) is 3.19. The van der Waals surface area contributed by atoms with Crippen LogP contribution < -0.4 is 5.73 Å². The van der Waals surface area contributed by atoms with E-state index in [1.807, 2.05) is 0 Å². The molecule has 14 heavy (non-hydrogen) atoms. The number of nitrogens with zero attached hydrogens (tertiary/aromatic N) is 1. The molecule has 0 rings (SSSR count). The van der Waals surface area contributed by atoms with Crippen LogP contribution in [0.4, 0.5) is 8.78 Å². The third-order valence-electron chi connectivity index (χ3n) is 1.90. The Hall–Kier alpha value is -0.750. The summed E-state index contributed by atoms with van der Waals surface area (Å²) in [5.41, 5.74) is 5.16. The quantitative estimate of drug-likeness (QED) is 0.416. The zero-order valence-corrected chi connectivity index (χ0v) is 8.21. The lowest BCUT2D eigenvalue weighted by atomic mass is 10.2. The largest absolute Gasteiger partial charge is 0.395 e. The van der Waals surface area contributed by atoms with Crippen LogP contribution in [0.3, 0.4) is 0 Å². The number of amidine groups is 1. The summed E-state index contributed by atoms with van der Waals surface area (Å²) in [4.78, 5) is 1.42. The van der Waals surface area contributed by atoms with E-state index in [2.05, 4.69) is 0 Å². The van der Waals surface area contributed by atoms with Crippen LogP contribution in [0.2, 0.25) is 0 Å². The number of hydrogen-bond acceptors (Lipinski definition) is 3. The van der Waals surface area contributed by atoms with E-state index < -0.39 is 13.0 Å². The van der Waals surface area contributed by atoms with Crippen LogP contribution in [0.5, 0.6) is 0 Å². The van der Waals surface area contributed by atoms with Gasteiger partial charge in [-0.15, -0.1) is 0 Å². The zero-order chi connectivity index (χ0) is 11.1. The molecule has 0 aliphatic rings. The Morgan fingerprint density at radius 2 is 2.14 bits per heavy atom. The van der Waals surface area contributed by atoms with Crippen LogP contribution >= 0.6 is 0 Å². The standard InChI is InChI=1S/C8H17F2N3O/c1-6(4-8(11)12)13(2-3-14)5-7(9)10/h6-7,14H,2-5H2,1H3,(H3,11,12). The lowest BCUT2D eigenvalue weighted by Crippen LogP contribution is -2.40. The summed E-state index contributed by atoms with van der Waals surface area (Å²) in [6.07, 6.45) is -2.19. The van der Waals surface area contributed by atoms with Gasteiger partial charge in [0.15, 0.2) is 0 Å². The van der Waals surface area contributed by atoms with Crippen LogP contribution in [0.15, 0.2) is 0 Å². The second kappa shape index (κ2) is 6.67. The van der Waals surface area contributed by atoms with Gasteiger partial charge in [0.05, 0.1) is 19.0 Å². The molecule has 0 aliphatic carbocycles. The average Bonchev–Trinajstić information content (AvgIpc) is 2.01. The van der Waals surface area contributed by atoms with Crippen molar-refractivity contribution in [2.45, 2.75) is 25.8 Å². The Morgan fingerprint density at radius 1 is 1.57 bits per heavy atom. The van der Waals surface area contributed by atoms with Crippen molar-refractivity contribution < 1.29 is 13.9 Å². The maximum Gasteiger partial charge on any atom is 0.251 e. The van der Waals surface area contributed by atoms with E-state index in [4.69, 9.17) is 16.2 Å². The van der Waals surface area contributed by atoms with Crippen LogP contribution in [0.1, 0.15) is 13.3 Å². The zero-order valence-electron chi connectivity index (χ0n) is 8.21. The summed E-state index contributed by atoms with van der Waals surface area (Å²) >= 11 is 0. The molecule has 4 N–H and O–H groups in total. The first-order valence-electron chi connectivity index (χ1n) is 4.43. The van der Waals surface area contributed by atoms with Crippen LogP contribution in [0.25, 0.3) is 0 Å². The summed E-state index contributed by atoms with van der Waals surface area (Å²) < 4.78 is 24.2. The molecule has 0 fully saturated rings. The van der Waals surface area contributed by atoms with Crippen molar-refractivity contribution >= 4 is 5.84 Å². The van der Waals surface area contributed by atoms with Crippen LogP contribution in [0, 0.1) is 5.41 Å². The Balaban J connectivity index is 4.09. The molecule has 0 aliphatic heterocycles. The first kappa shape index (κ1) is 13.2. The molecular formula is C8H17F2N3O. The summed E-state index contributed by atoms with van der Waals surface area (Å²) in [6, 6.07) is -0.242. The van der Waals surface area contributed by atoms with Gasteiger partial charge in [-0.2, -0.15) is 0 Å². The Labute approximate surface area is 82.2 Å². The predicted octanol–water partition coefficient (Wildman–Crippen LogP) is 0.260. The molecule has 0 amide bonds. The van der Waals surface area contributed by atoms with Gasteiger partial charge in [0.2, 0.25) is 0 Å². The minimum absolute atomic E-state index is 0.0327. The minimum atomic E-state index is -2.43. The van der Waals surface area contributed by atoms with Gasteiger partial charge in [0.25, 0.3) is 6.43 Å². The average molecular weight is 209 g/mol. The van der Waals surface area contributed by atoms with Gasteiger partial charge in [-0.25, -0.2) is 8.78 Å². The molecule has 0 saturated carbocycles. The third-order valence-corrected chi connectivity index (χ3v) is 1.90. The number of nitrogens with two attached hydrogens (primary N) is 1. The van der Waals surface area contributed by atoms with Gasteiger partial charge in [0, 0.05) is 19.0 Å². The summed E-state index contributed by atoms with van der Waals surface area (Å²) in [7, 11) is 0. The molecule has 6 heteroatoms.